The van der Waals surface area contributed by atoms with Crippen molar-refractivity contribution in [3.63, 3.8) is 0 Å². The summed E-state index contributed by atoms with van der Waals surface area (Å²) in [5.74, 6) is 1.53. The Hall–Kier alpha value is -8.32. The number of rotatable bonds is 17. The molecule has 2 aliphatic rings. The summed E-state index contributed by atoms with van der Waals surface area (Å²) >= 11 is 0. The van der Waals surface area contributed by atoms with E-state index < -0.39 is 16.9 Å². The number of allylic oxidation sites excluding steroid dienone is 6. The Morgan fingerprint density at radius 1 is 0.404 bits per heavy atom. The van der Waals surface area contributed by atoms with E-state index in [9.17, 15) is 30.6 Å². The molecule has 89 heavy (non-hydrogen) atoms. The van der Waals surface area contributed by atoms with Gasteiger partial charge in [0, 0.05) is 35.5 Å². The largest absolute Gasteiger partial charge is 0.512 e. The number of aryl methyl sites for hydroxylation is 7. The first kappa shape index (κ1) is 63.7. The van der Waals surface area contributed by atoms with Gasteiger partial charge in [0.15, 0.2) is 0 Å². The summed E-state index contributed by atoms with van der Waals surface area (Å²) in [4.78, 5) is 0. The molecule has 4 atom stereocenters. The average Bonchev–Trinajstić information content (AvgIpc) is 0.844. The van der Waals surface area contributed by atoms with Gasteiger partial charge in [0.05, 0.1) is 11.9 Å². The van der Waals surface area contributed by atoms with Gasteiger partial charge in [-0.1, -0.05) is 167 Å². The van der Waals surface area contributed by atoms with E-state index in [1.807, 2.05) is 83.2 Å². The Labute approximate surface area is 530 Å². The molecule has 0 fully saturated rings. The first-order chi connectivity index (χ1) is 42.1. The molecule has 2 aliphatic carbocycles. The van der Waals surface area contributed by atoms with Crippen molar-refractivity contribution in [3.05, 3.63) is 302 Å². The molecule has 0 spiro atoms. The summed E-state index contributed by atoms with van der Waals surface area (Å²) in [5, 5.41) is 66.2. The van der Waals surface area contributed by atoms with Crippen molar-refractivity contribution in [3.8, 4) is 23.0 Å². The van der Waals surface area contributed by atoms with Crippen LogP contribution in [0.3, 0.4) is 0 Å². The Morgan fingerprint density at radius 2 is 0.831 bits per heavy atom. The number of aliphatic hydroxyl groups is 2. The van der Waals surface area contributed by atoms with Crippen LogP contribution >= 0.6 is 0 Å². The monoisotopic (exact) mass is 1180 g/mol. The summed E-state index contributed by atoms with van der Waals surface area (Å²) in [6, 6.07) is 42.1. The van der Waals surface area contributed by atoms with Crippen molar-refractivity contribution in [1.29, 1.82) is 0 Å². The molecule has 460 valence electrons. The van der Waals surface area contributed by atoms with E-state index >= 15 is 0 Å². The summed E-state index contributed by atoms with van der Waals surface area (Å²) in [5.41, 5.74) is 28.2. The lowest BCUT2D eigenvalue weighted by atomic mass is 9.67. The molecule has 6 nitrogen and oxygen atoms in total. The van der Waals surface area contributed by atoms with Crippen molar-refractivity contribution in [2.24, 2.45) is 11.8 Å². The molecule has 0 amide bonds. The van der Waals surface area contributed by atoms with Crippen LogP contribution < -0.4 is 0 Å². The first-order valence-electron chi connectivity index (χ1n) is 31.9. The zero-order valence-electron chi connectivity index (χ0n) is 55.2. The van der Waals surface area contributed by atoms with Gasteiger partial charge in [0.2, 0.25) is 0 Å². The van der Waals surface area contributed by atoms with Crippen LogP contribution in [0.2, 0.25) is 0 Å². The van der Waals surface area contributed by atoms with E-state index in [0.29, 0.717) is 31.4 Å². The quantitative estimate of drug-likeness (QED) is 0.0505. The SMILES string of the molecule is Cc1cc(Cc2cc(C(C)(c3ccc(C(C)(C)c4cc(Cc5cc(C)c(O)c(C)c5)c(O)c(Cc5cc(C)c(O)c(C)c5)c4)cc3)c3cc(CC4=CC(C)C(O)C=C4)c(C)c(Cc4cc(C)c(C)c(C)c4)c3)cc(CC3=CC=C(O)C(C)C3)c2C)ccc1O. The van der Waals surface area contributed by atoms with Crippen LogP contribution in [0.15, 0.2) is 163 Å². The van der Waals surface area contributed by atoms with Crippen molar-refractivity contribution < 1.29 is 30.6 Å². The number of aliphatic hydroxyl groups excluding tert-OH is 2. The molecule has 0 aliphatic heterocycles. The third-order valence-corrected chi connectivity index (χ3v) is 20.4. The maximum absolute atomic E-state index is 12.3. The van der Waals surface area contributed by atoms with E-state index in [-0.39, 0.29) is 34.8 Å². The number of hydrogen-bond donors (Lipinski definition) is 6. The Morgan fingerprint density at radius 3 is 1.31 bits per heavy atom. The van der Waals surface area contributed by atoms with Crippen LogP contribution in [0.4, 0.5) is 0 Å². The van der Waals surface area contributed by atoms with Crippen molar-refractivity contribution in [2.45, 2.75) is 166 Å². The molecule has 0 saturated heterocycles. The van der Waals surface area contributed by atoms with Gasteiger partial charge >= 0.3 is 0 Å². The lowest BCUT2D eigenvalue weighted by Crippen LogP contribution is -2.28. The van der Waals surface area contributed by atoms with E-state index in [0.717, 1.165) is 91.6 Å². The van der Waals surface area contributed by atoms with Gasteiger partial charge in [0.1, 0.15) is 23.0 Å². The summed E-state index contributed by atoms with van der Waals surface area (Å²) < 4.78 is 0. The maximum Gasteiger partial charge on any atom is 0.122 e. The van der Waals surface area contributed by atoms with Crippen LogP contribution in [0.25, 0.3) is 0 Å². The Bertz CT molecular complexity index is 4050. The molecular formula is C83H92O6. The number of phenols is 4. The fourth-order valence-corrected chi connectivity index (χ4v) is 14.0. The normalized spacial score (nSPS) is 16.7. The highest BCUT2D eigenvalue weighted by atomic mass is 16.3. The highest BCUT2D eigenvalue weighted by Gasteiger charge is 2.36. The number of benzene rings is 8. The predicted octanol–water partition coefficient (Wildman–Crippen LogP) is 18.6. The Kier molecular flexibility index (Phi) is 18.1. The molecule has 0 bridgehead atoms. The second kappa shape index (κ2) is 25.3. The molecule has 8 aromatic rings. The minimum atomic E-state index is -0.729. The standard InChI is InChI=1S/C83H92O6/c1-47-26-62(27-48(2)56(47)10)38-68-44-75(43-67(58(68)12)37-61-18-25-78(86)51(5)30-61)83(15,74-41-65(35-59-16-23-76(84)49(3)28-59)57(11)66(42-74)36-60-17-24-77(85)50(4)29-60)72-21-19-71(20-22-72)82(13,14)73-45-69(39-63-31-52(6)79(87)53(7)32-63)81(89)70(46-73)40-64-33-54(8)80(88)55(9)34-64/h16-28,30-34,41-46,50-51,78,84-89H,29,35-40H2,1-15H3. The minimum absolute atomic E-state index is 0.00616. The van der Waals surface area contributed by atoms with Gasteiger partial charge in [-0.2, -0.15) is 0 Å². The van der Waals surface area contributed by atoms with Gasteiger partial charge in [-0.05, 0) is 265 Å². The van der Waals surface area contributed by atoms with Crippen molar-refractivity contribution >= 4 is 0 Å². The first-order valence-corrected chi connectivity index (χ1v) is 31.9. The zero-order valence-corrected chi connectivity index (χ0v) is 55.2. The van der Waals surface area contributed by atoms with Crippen LogP contribution in [0, 0.1) is 81.1 Å². The average molecular weight is 1190 g/mol. The number of phenolic OH excluding ortho intramolecular Hbond substituents is 4. The predicted molar refractivity (Wildman–Crippen MR) is 367 cm³/mol. The maximum atomic E-state index is 12.3. The van der Waals surface area contributed by atoms with Gasteiger partial charge in [-0.15, -0.1) is 0 Å². The van der Waals surface area contributed by atoms with Crippen LogP contribution in [-0.2, 0) is 49.4 Å². The molecule has 0 saturated carbocycles. The minimum Gasteiger partial charge on any atom is -0.512 e. The van der Waals surface area contributed by atoms with E-state index in [2.05, 4.69) is 166 Å². The molecule has 0 heterocycles. The van der Waals surface area contributed by atoms with Crippen molar-refractivity contribution in [2.75, 3.05) is 0 Å². The van der Waals surface area contributed by atoms with Gasteiger partial charge in [0.25, 0.3) is 0 Å². The van der Waals surface area contributed by atoms with Crippen molar-refractivity contribution in [1.82, 2.24) is 0 Å². The van der Waals surface area contributed by atoms with Crippen LogP contribution in [0.5, 0.6) is 23.0 Å². The molecule has 6 heteroatoms. The third kappa shape index (κ3) is 13.2. The summed E-state index contributed by atoms with van der Waals surface area (Å²) in [6.45, 7) is 31.9. The van der Waals surface area contributed by atoms with E-state index in [4.69, 9.17) is 0 Å². The fraction of sp³-hybridized carbons (Fsp3) is 0.325. The molecule has 0 radical (unpaired) electrons. The van der Waals surface area contributed by atoms with Gasteiger partial charge < -0.3 is 30.6 Å². The lowest BCUT2D eigenvalue weighted by molar-refractivity contribution is 0.183. The zero-order chi connectivity index (χ0) is 64.1. The molecule has 0 aromatic heterocycles. The molecule has 4 unspecified atom stereocenters. The number of hydrogen-bond acceptors (Lipinski definition) is 6. The smallest absolute Gasteiger partial charge is 0.122 e. The lowest BCUT2D eigenvalue weighted by Gasteiger charge is -2.36. The molecule has 6 N–H and O–H groups in total. The highest BCUT2D eigenvalue weighted by molar-refractivity contribution is 5.60. The fourth-order valence-electron chi connectivity index (χ4n) is 14.0. The molecule has 10 rings (SSSR count). The van der Waals surface area contributed by atoms with Gasteiger partial charge in [-0.3, -0.25) is 0 Å². The van der Waals surface area contributed by atoms with Crippen LogP contribution in [-0.4, -0.2) is 36.7 Å². The second-order valence-corrected chi connectivity index (χ2v) is 27.5. The molecular weight excluding hydrogens is 1090 g/mol. The van der Waals surface area contributed by atoms with E-state index in [1.54, 1.807) is 0 Å². The highest BCUT2D eigenvalue weighted by Crippen LogP contribution is 2.46. The summed E-state index contributed by atoms with van der Waals surface area (Å²) in [6.07, 6.45) is 14.3. The third-order valence-electron chi connectivity index (χ3n) is 20.4. The number of aromatic hydroxyl groups is 4. The molecule has 8 aromatic carbocycles. The topological polar surface area (TPSA) is 121 Å². The van der Waals surface area contributed by atoms with E-state index in [1.165, 1.54) is 77.9 Å². The summed E-state index contributed by atoms with van der Waals surface area (Å²) in [7, 11) is 0. The van der Waals surface area contributed by atoms with Crippen LogP contribution in [0.1, 0.15) is 180 Å². The second-order valence-electron chi connectivity index (χ2n) is 27.5. The Balaban J connectivity index is 1.18. The van der Waals surface area contributed by atoms with Gasteiger partial charge in [-0.25, -0.2) is 0 Å².